The number of pyridine rings is 1. The van der Waals surface area contributed by atoms with Crippen LogP contribution in [0, 0.1) is 0 Å². The second-order valence-corrected chi connectivity index (χ2v) is 7.75. The van der Waals surface area contributed by atoms with Crippen molar-refractivity contribution in [3.8, 4) is 0 Å². The first-order valence-corrected chi connectivity index (χ1v) is 10.4. The van der Waals surface area contributed by atoms with Gasteiger partial charge >= 0.3 is 6.18 Å². The van der Waals surface area contributed by atoms with Gasteiger partial charge in [0.2, 0.25) is 11.7 Å². The first kappa shape index (κ1) is 22.3. The number of rotatable bonds is 6. The summed E-state index contributed by atoms with van der Waals surface area (Å²) >= 11 is 0.949. The van der Waals surface area contributed by atoms with E-state index < -0.39 is 28.9 Å². The number of H-pyrrole nitrogens is 1. The van der Waals surface area contributed by atoms with Crippen LogP contribution in [-0.2, 0) is 17.5 Å². The summed E-state index contributed by atoms with van der Waals surface area (Å²) in [5, 5.41) is 11.0. The summed E-state index contributed by atoms with van der Waals surface area (Å²) in [6.45, 7) is 3.83. The van der Waals surface area contributed by atoms with E-state index in [0.29, 0.717) is 23.2 Å². The van der Waals surface area contributed by atoms with Crippen molar-refractivity contribution in [2.75, 3.05) is 11.1 Å². The van der Waals surface area contributed by atoms with E-state index in [2.05, 4.69) is 22.1 Å². The highest BCUT2D eigenvalue weighted by molar-refractivity contribution is 7.99. The SMILES string of the molecule is C=CCn1c(=O)c2ccccc2n2c(SCC(=O)Nc3cc(C(F)(F)F)c[nH]c3=O)nnc12. The third-order valence-electron chi connectivity index (χ3n) is 4.63. The molecule has 13 heteroatoms. The molecule has 0 bridgehead atoms. The molecule has 0 atom stereocenters. The van der Waals surface area contributed by atoms with Crippen LogP contribution < -0.4 is 16.4 Å². The molecule has 1 aromatic carbocycles. The van der Waals surface area contributed by atoms with E-state index >= 15 is 0 Å². The molecule has 4 aromatic rings. The lowest BCUT2D eigenvalue weighted by Crippen LogP contribution is -2.23. The third-order valence-corrected chi connectivity index (χ3v) is 5.56. The number of hydrogen-bond acceptors (Lipinski definition) is 6. The Hall–Kier alpha value is -3.87. The summed E-state index contributed by atoms with van der Waals surface area (Å²) < 4.78 is 41.6. The number of halogens is 3. The van der Waals surface area contributed by atoms with Gasteiger partial charge in [-0.1, -0.05) is 30.0 Å². The van der Waals surface area contributed by atoms with Gasteiger partial charge in [0.05, 0.1) is 22.2 Å². The van der Waals surface area contributed by atoms with Crippen LogP contribution in [0.15, 0.2) is 63.9 Å². The smallest absolute Gasteiger partial charge is 0.327 e. The number of carbonyl (C=O) groups is 1. The molecule has 0 aliphatic heterocycles. The third kappa shape index (κ3) is 4.26. The lowest BCUT2D eigenvalue weighted by Gasteiger charge is -2.10. The van der Waals surface area contributed by atoms with Crippen molar-refractivity contribution in [1.29, 1.82) is 0 Å². The average molecular weight is 476 g/mol. The maximum absolute atomic E-state index is 12.9. The Labute approximate surface area is 186 Å². The van der Waals surface area contributed by atoms with Crippen LogP contribution in [0.2, 0.25) is 0 Å². The predicted octanol–water partition coefficient (Wildman–Crippen LogP) is 2.67. The number of anilines is 1. The summed E-state index contributed by atoms with van der Waals surface area (Å²) in [7, 11) is 0. The van der Waals surface area contributed by atoms with Gasteiger partial charge in [-0.2, -0.15) is 13.2 Å². The van der Waals surface area contributed by atoms with Crippen molar-refractivity contribution in [3.05, 3.63) is 75.5 Å². The summed E-state index contributed by atoms with van der Waals surface area (Å²) in [5.74, 6) is -0.744. The van der Waals surface area contributed by atoms with Crippen molar-refractivity contribution in [1.82, 2.24) is 24.1 Å². The van der Waals surface area contributed by atoms with Crippen molar-refractivity contribution < 1.29 is 18.0 Å². The first-order chi connectivity index (χ1) is 15.7. The number of nitrogens with zero attached hydrogens (tertiary/aromatic N) is 4. The van der Waals surface area contributed by atoms with Gasteiger partial charge in [0.15, 0.2) is 5.16 Å². The minimum Gasteiger partial charge on any atom is -0.327 e. The molecule has 170 valence electrons. The number of allylic oxidation sites excluding steroid dienone is 1. The van der Waals surface area contributed by atoms with E-state index in [-0.39, 0.29) is 28.8 Å². The zero-order valence-corrected chi connectivity index (χ0v) is 17.5. The lowest BCUT2D eigenvalue weighted by atomic mass is 10.2. The molecule has 0 radical (unpaired) electrons. The van der Waals surface area contributed by atoms with Crippen LogP contribution in [-0.4, -0.2) is 35.8 Å². The molecule has 3 heterocycles. The zero-order valence-electron chi connectivity index (χ0n) is 16.7. The number of aromatic amines is 1. The van der Waals surface area contributed by atoms with E-state index in [9.17, 15) is 27.6 Å². The molecule has 0 aliphatic carbocycles. The number of hydrogen-bond donors (Lipinski definition) is 2. The summed E-state index contributed by atoms with van der Waals surface area (Å²) in [4.78, 5) is 38.9. The summed E-state index contributed by atoms with van der Waals surface area (Å²) in [5.41, 5.74) is -2.23. The van der Waals surface area contributed by atoms with E-state index in [0.717, 1.165) is 11.8 Å². The number of thioether (sulfide) groups is 1. The van der Waals surface area contributed by atoms with E-state index in [1.54, 1.807) is 28.7 Å². The Morgan fingerprint density at radius 1 is 1.24 bits per heavy atom. The van der Waals surface area contributed by atoms with Gasteiger partial charge in [-0.05, 0) is 18.2 Å². The van der Waals surface area contributed by atoms with Gasteiger partial charge in [-0.3, -0.25) is 23.4 Å². The highest BCUT2D eigenvalue weighted by Crippen LogP contribution is 2.29. The first-order valence-electron chi connectivity index (χ1n) is 9.41. The van der Waals surface area contributed by atoms with Gasteiger partial charge < -0.3 is 10.3 Å². The number of benzene rings is 1. The minimum atomic E-state index is -4.68. The highest BCUT2D eigenvalue weighted by Gasteiger charge is 2.31. The largest absolute Gasteiger partial charge is 0.417 e. The van der Waals surface area contributed by atoms with Crippen LogP contribution in [0.5, 0.6) is 0 Å². The molecule has 33 heavy (non-hydrogen) atoms. The van der Waals surface area contributed by atoms with Crippen molar-refractivity contribution in [2.24, 2.45) is 0 Å². The summed E-state index contributed by atoms with van der Waals surface area (Å²) in [6.07, 6.45) is -2.61. The molecular weight excluding hydrogens is 461 g/mol. The molecule has 0 aliphatic rings. The Bertz CT molecular complexity index is 1510. The molecule has 4 rings (SSSR count). The molecule has 0 saturated heterocycles. The van der Waals surface area contributed by atoms with E-state index in [1.807, 2.05) is 4.98 Å². The second kappa shape index (κ2) is 8.58. The van der Waals surface area contributed by atoms with Gasteiger partial charge in [0.25, 0.3) is 11.1 Å². The Morgan fingerprint density at radius 3 is 2.73 bits per heavy atom. The molecule has 0 saturated carbocycles. The quantitative estimate of drug-likeness (QED) is 0.327. The highest BCUT2D eigenvalue weighted by atomic mass is 32.2. The lowest BCUT2D eigenvalue weighted by molar-refractivity contribution is -0.137. The van der Waals surface area contributed by atoms with Gasteiger partial charge in [-0.15, -0.1) is 16.8 Å². The van der Waals surface area contributed by atoms with Gasteiger partial charge in [0.1, 0.15) is 5.69 Å². The van der Waals surface area contributed by atoms with E-state index in [1.165, 1.54) is 10.6 Å². The Balaban J connectivity index is 1.63. The normalized spacial score (nSPS) is 11.7. The second-order valence-electron chi connectivity index (χ2n) is 6.81. The van der Waals surface area contributed by atoms with Crippen LogP contribution in [0.1, 0.15) is 5.56 Å². The fourth-order valence-corrected chi connectivity index (χ4v) is 3.92. The molecule has 0 spiro atoms. The monoisotopic (exact) mass is 476 g/mol. The molecule has 9 nitrogen and oxygen atoms in total. The maximum atomic E-state index is 12.9. The molecule has 1 amide bonds. The van der Waals surface area contributed by atoms with Crippen LogP contribution in [0.3, 0.4) is 0 Å². The van der Waals surface area contributed by atoms with Crippen molar-refractivity contribution in [3.63, 3.8) is 0 Å². The molecular formula is C20H15F3N6O3S. The van der Waals surface area contributed by atoms with Gasteiger partial charge in [0, 0.05) is 12.7 Å². The molecule has 2 N–H and O–H groups in total. The Morgan fingerprint density at radius 2 is 2.00 bits per heavy atom. The number of amides is 1. The van der Waals surface area contributed by atoms with Crippen LogP contribution in [0.4, 0.5) is 18.9 Å². The predicted molar refractivity (Wildman–Crippen MR) is 116 cm³/mol. The number of carbonyl (C=O) groups excluding carboxylic acids is 1. The maximum Gasteiger partial charge on any atom is 0.417 e. The summed E-state index contributed by atoms with van der Waals surface area (Å²) in [6, 6.07) is 7.37. The fraction of sp³-hybridized carbons (Fsp3) is 0.150. The van der Waals surface area contributed by atoms with Crippen LogP contribution >= 0.6 is 11.8 Å². The number of alkyl halides is 3. The number of nitrogens with one attached hydrogen (secondary N) is 2. The molecule has 0 unspecified atom stereocenters. The topological polar surface area (TPSA) is 114 Å². The fourth-order valence-electron chi connectivity index (χ4n) is 3.18. The number of para-hydroxylation sites is 1. The van der Waals surface area contributed by atoms with Gasteiger partial charge in [-0.25, -0.2) is 0 Å². The molecule has 3 aromatic heterocycles. The molecule has 0 fully saturated rings. The zero-order chi connectivity index (χ0) is 23.8. The van der Waals surface area contributed by atoms with Crippen LogP contribution in [0.25, 0.3) is 16.7 Å². The number of fused-ring (bicyclic) bond motifs is 3. The number of aromatic nitrogens is 5. The Kier molecular flexibility index (Phi) is 5.80. The standard InChI is InChI=1S/C20H15F3N6O3S/c1-2-7-28-17(32)12-5-3-4-6-14(12)29-18(28)26-27-19(29)33-10-15(30)25-13-8-11(20(21,22)23)9-24-16(13)31/h2-6,8-9H,1,7,10H2,(H,24,31)(H,25,30). The minimum absolute atomic E-state index is 0.189. The van der Waals surface area contributed by atoms with E-state index in [4.69, 9.17) is 0 Å². The van der Waals surface area contributed by atoms with Crippen molar-refractivity contribution >= 4 is 40.0 Å². The average Bonchev–Trinajstić information content (AvgIpc) is 3.20. The van der Waals surface area contributed by atoms with Crippen molar-refractivity contribution in [2.45, 2.75) is 17.9 Å².